The number of benzene rings is 2. The van der Waals surface area contributed by atoms with E-state index < -0.39 is 0 Å². The van der Waals surface area contributed by atoms with Crippen LogP contribution < -0.4 is 9.47 Å². The number of piperazine rings is 1. The summed E-state index contributed by atoms with van der Waals surface area (Å²) in [5.41, 5.74) is 1.61. The second-order valence-corrected chi connectivity index (χ2v) is 10.7. The lowest BCUT2D eigenvalue weighted by Crippen LogP contribution is -2.50. The van der Waals surface area contributed by atoms with E-state index >= 15 is 0 Å². The van der Waals surface area contributed by atoms with Crippen molar-refractivity contribution in [2.24, 2.45) is 0 Å². The fraction of sp³-hybridized carbons (Fsp3) is 0.529. The molecule has 7 heteroatoms. The van der Waals surface area contributed by atoms with Crippen LogP contribution >= 0.6 is 0 Å². The number of carbonyl (C=O) groups is 2. The fourth-order valence-electron chi connectivity index (χ4n) is 5.18. The third kappa shape index (κ3) is 10.9. The molecular weight excluding hydrogens is 514 g/mol. The molecule has 41 heavy (non-hydrogen) atoms. The molecular formula is C34H49N3O4. The fourth-order valence-corrected chi connectivity index (χ4v) is 5.18. The Labute approximate surface area is 247 Å². The molecule has 224 valence electrons. The highest BCUT2D eigenvalue weighted by Crippen LogP contribution is 2.19. The van der Waals surface area contributed by atoms with Crippen molar-refractivity contribution in [1.82, 2.24) is 14.7 Å². The van der Waals surface area contributed by atoms with E-state index in [2.05, 4.69) is 11.8 Å². The van der Waals surface area contributed by atoms with Gasteiger partial charge in [-0.25, -0.2) is 0 Å². The molecule has 2 aromatic carbocycles. The van der Waals surface area contributed by atoms with Crippen molar-refractivity contribution in [2.75, 3.05) is 60.0 Å². The van der Waals surface area contributed by atoms with E-state index in [0.29, 0.717) is 25.1 Å². The summed E-state index contributed by atoms with van der Waals surface area (Å²) in [5.74, 6) is 1.80. The van der Waals surface area contributed by atoms with Crippen LogP contribution in [-0.4, -0.2) is 86.5 Å². The number of para-hydroxylation sites is 1. The number of carbonyl (C=O) groups excluding carboxylic acids is 2. The van der Waals surface area contributed by atoms with E-state index in [1.54, 1.807) is 14.2 Å². The zero-order valence-corrected chi connectivity index (χ0v) is 25.4. The first-order valence-electron chi connectivity index (χ1n) is 15.3. The van der Waals surface area contributed by atoms with E-state index in [4.69, 9.17) is 9.47 Å². The first-order valence-corrected chi connectivity index (χ1v) is 15.3. The van der Waals surface area contributed by atoms with Gasteiger partial charge in [0.1, 0.15) is 11.5 Å². The van der Waals surface area contributed by atoms with E-state index in [9.17, 15) is 9.59 Å². The second-order valence-electron chi connectivity index (χ2n) is 10.7. The lowest BCUT2D eigenvalue weighted by atomic mass is 10.1. The third-order valence-electron chi connectivity index (χ3n) is 7.79. The summed E-state index contributed by atoms with van der Waals surface area (Å²) in [6.07, 6.45) is 13.2. The van der Waals surface area contributed by atoms with E-state index in [1.165, 1.54) is 32.1 Å². The molecule has 0 aliphatic carbocycles. The predicted octanol–water partition coefficient (Wildman–Crippen LogP) is 6.14. The van der Waals surface area contributed by atoms with E-state index in [0.717, 1.165) is 62.6 Å². The molecule has 0 N–H and O–H groups in total. The molecule has 0 bridgehead atoms. The monoisotopic (exact) mass is 563 g/mol. The summed E-state index contributed by atoms with van der Waals surface area (Å²) in [6, 6.07) is 15.1. The Balaban J connectivity index is 1.50. The molecule has 1 aliphatic rings. The van der Waals surface area contributed by atoms with E-state index in [1.807, 2.05) is 70.5 Å². The molecule has 1 fully saturated rings. The highest BCUT2D eigenvalue weighted by Gasteiger charge is 2.22. The number of hydrogen-bond acceptors (Lipinski definition) is 5. The summed E-state index contributed by atoms with van der Waals surface area (Å²) in [7, 11) is 3.28. The topological polar surface area (TPSA) is 62.3 Å². The highest BCUT2D eigenvalue weighted by molar-refractivity contribution is 5.94. The molecule has 0 radical (unpaired) electrons. The van der Waals surface area contributed by atoms with Crippen LogP contribution in [0.4, 0.5) is 0 Å². The van der Waals surface area contributed by atoms with Crippen molar-refractivity contribution in [3.8, 4) is 11.5 Å². The van der Waals surface area contributed by atoms with E-state index in [-0.39, 0.29) is 11.8 Å². The van der Waals surface area contributed by atoms with Crippen molar-refractivity contribution in [2.45, 2.75) is 58.3 Å². The number of amides is 2. The van der Waals surface area contributed by atoms with Gasteiger partial charge in [0.25, 0.3) is 5.91 Å². The number of rotatable bonds is 17. The first kappa shape index (κ1) is 32.2. The Kier molecular flexibility index (Phi) is 14.3. The Hall–Kier alpha value is -3.32. The maximum Gasteiger partial charge on any atom is 0.254 e. The molecule has 0 saturated carbocycles. The zero-order valence-electron chi connectivity index (χ0n) is 25.4. The molecule has 7 nitrogen and oxygen atoms in total. The van der Waals surface area contributed by atoms with Crippen LogP contribution in [0.3, 0.4) is 0 Å². The number of unbranched alkanes of at least 4 members (excludes halogenated alkanes) is 6. The van der Waals surface area contributed by atoms with Crippen molar-refractivity contribution in [3.63, 3.8) is 0 Å². The zero-order chi connectivity index (χ0) is 29.3. The normalized spacial score (nSPS) is 13.9. The quantitative estimate of drug-likeness (QED) is 0.216. The van der Waals surface area contributed by atoms with Crippen molar-refractivity contribution >= 4 is 17.9 Å². The van der Waals surface area contributed by atoms with Gasteiger partial charge >= 0.3 is 0 Å². The molecule has 0 unspecified atom stereocenters. The Morgan fingerprint density at radius 1 is 0.854 bits per heavy atom. The standard InChI is InChI=1S/C34H49N3O4/c1-4-5-6-7-8-9-10-17-33(38)36-26-23-35(24-27-36)25-28-37(34(39)30-18-20-31(40-2)21-19-30)22-13-15-29-14-11-12-16-32(29)41-3/h11-16,18-21H,4-10,17,22-28H2,1-3H3/b15-13+. The summed E-state index contributed by atoms with van der Waals surface area (Å²) in [4.78, 5) is 32.4. The summed E-state index contributed by atoms with van der Waals surface area (Å²) in [5, 5.41) is 0. The second kappa shape index (κ2) is 18.2. The van der Waals surface area contributed by atoms with Gasteiger partial charge in [0.15, 0.2) is 0 Å². The minimum atomic E-state index is -0.0131. The molecule has 2 amide bonds. The van der Waals surface area contributed by atoms with Crippen LogP contribution in [0.2, 0.25) is 0 Å². The summed E-state index contributed by atoms with van der Waals surface area (Å²) < 4.78 is 10.7. The number of hydrogen-bond donors (Lipinski definition) is 0. The van der Waals surface area contributed by atoms with Gasteiger partial charge in [-0.3, -0.25) is 14.5 Å². The lowest BCUT2D eigenvalue weighted by Gasteiger charge is -2.36. The molecule has 0 aromatic heterocycles. The molecule has 1 heterocycles. The average Bonchev–Trinajstić information content (AvgIpc) is 3.02. The Morgan fingerprint density at radius 2 is 1.54 bits per heavy atom. The average molecular weight is 564 g/mol. The van der Waals surface area contributed by atoms with Crippen LogP contribution in [0.1, 0.15) is 74.2 Å². The van der Waals surface area contributed by atoms with Crippen molar-refractivity contribution in [3.05, 3.63) is 65.7 Å². The molecule has 1 aliphatic heterocycles. The summed E-state index contributed by atoms with van der Waals surface area (Å²) >= 11 is 0. The maximum absolute atomic E-state index is 13.5. The van der Waals surface area contributed by atoms with Gasteiger partial charge < -0.3 is 19.3 Å². The SMILES string of the molecule is CCCCCCCCCC(=O)N1CCN(CCN(C/C=C/c2ccccc2OC)C(=O)c2ccc(OC)cc2)CC1. The molecule has 1 saturated heterocycles. The van der Waals surface area contributed by atoms with Gasteiger partial charge in [-0.1, -0.05) is 75.8 Å². The van der Waals surface area contributed by atoms with Gasteiger partial charge in [0.2, 0.25) is 5.91 Å². The largest absolute Gasteiger partial charge is 0.497 e. The molecule has 0 atom stereocenters. The summed E-state index contributed by atoms with van der Waals surface area (Å²) in [6.45, 7) is 7.29. The van der Waals surface area contributed by atoms with Crippen molar-refractivity contribution < 1.29 is 19.1 Å². The van der Waals surface area contributed by atoms with Crippen LogP contribution in [0.5, 0.6) is 11.5 Å². The predicted molar refractivity (Wildman–Crippen MR) is 167 cm³/mol. The van der Waals surface area contributed by atoms with Crippen LogP contribution in [-0.2, 0) is 4.79 Å². The first-order chi connectivity index (χ1) is 20.0. The number of ether oxygens (including phenoxy) is 2. The number of methoxy groups -OCH3 is 2. The van der Waals surface area contributed by atoms with Crippen LogP contribution in [0.25, 0.3) is 6.08 Å². The molecule has 0 spiro atoms. The van der Waals surface area contributed by atoms with Gasteiger partial charge in [0, 0.05) is 63.4 Å². The third-order valence-corrected chi connectivity index (χ3v) is 7.79. The van der Waals surface area contributed by atoms with Crippen LogP contribution in [0.15, 0.2) is 54.6 Å². The van der Waals surface area contributed by atoms with Gasteiger partial charge in [-0.05, 0) is 36.8 Å². The molecule has 2 aromatic rings. The minimum Gasteiger partial charge on any atom is -0.497 e. The Bertz CT molecular complexity index is 1080. The van der Waals surface area contributed by atoms with Gasteiger partial charge in [0.05, 0.1) is 14.2 Å². The number of nitrogens with zero attached hydrogens (tertiary/aromatic N) is 3. The smallest absolute Gasteiger partial charge is 0.254 e. The van der Waals surface area contributed by atoms with Gasteiger partial charge in [-0.2, -0.15) is 0 Å². The molecule has 3 rings (SSSR count). The van der Waals surface area contributed by atoms with Crippen molar-refractivity contribution in [1.29, 1.82) is 0 Å². The minimum absolute atomic E-state index is 0.0131. The maximum atomic E-state index is 13.5. The van der Waals surface area contributed by atoms with Gasteiger partial charge in [-0.15, -0.1) is 0 Å². The Morgan fingerprint density at radius 3 is 2.22 bits per heavy atom. The van der Waals surface area contributed by atoms with Crippen LogP contribution in [0, 0.1) is 0 Å². The highest BCUT2D eigenvalue weighted by atomic mass is 16.5. The lowest BCUT2D eigenvalue weighted by molar-refractivity contribution is -0.133.